The third-order valence-electron chi connectivity index (χ3n) is 3.96. The van der Waals surface area contributed by atoms with Crippen LogP contribution in [0.4, 0.5) is 0 Å². The zero-order chi connectivity index (χ0) is 13.8. The van der Waals surface area contributed by atoms with Crippen LogP contribution in [-0.4, -0.2) is 16.8 Å². The summed E-state index contributed by atoms with van der Waals surface area (Å²) in [5, 5.41) is 0. The Morgan fingerprint density at radius 3 is 2.15 bits per heavy atom. The van der Waals surface area contributed by atoms with Crippen LogP contribution in [0.1, 0.15) is 24.0 Å². The van der Waals surface area contributed by atoms with Gasteiger partial charge in [-0.2, -0.15) is 0 Å². The molecule has 0 bridgehead atoms. The summed E-state index contributed by atoms with van der Waals surface area (Å²) in [6, 6.07) is 21.0. The summed E-state index contributed by atoms with van der Waals surface area (Å²) in [5.41, 5.74) is 2.52. The first-order valence-electron chi connectivity index (χ1n) is 7.20. The molecule has 1 fully saturated rings. The quantitative estimate of drug-likeness (QED) is 0.829. The van der Waals surface area contributed by atoms with E-state index in [1.165, 1.54) is 11.1 Å². The fourth-order valence-corrected chi connectivity index (χ4v) is 2.89. The Bertz CT molecular complexity index is 564. The maximum Gasteiger partial charge on any atom is 0.223 e. The molecule has 1 heterocycles. The van der Waals surface area contributed by atoms with Crippen LogP contribution in [0.5, 0.6) is 0 Å². The van der Waals surface area contributed by atoms with Crippen LogP contribution in [0.3, 0.4) is 0 Å². The highest BCUT2D eigenvalue weighted by atomic mass is 16.2. The third-order valence-corrected chi connectivity index (χ3v) is 3.96. The zero-order valence-corrected chi connectivity index (χ0v) is 11.5. The minimum Gasteiger partial charge on any atom is -0.335 e. The summed E-state index contributed by atoms with van der Waals surface area (Å²) in [6.45, 7) is 0.733. The fraction of sp³-hybridized carbons (Fsp3) is 0.278. The van der Waals surface area contributed by atoms with Gasteiger partial charge in [-0.05, 0) is 24.0 Å². The molecule has 0 radical (unpaired) electrons. The van der Waals surface area contributed by atoms with Crippen molar-refractivity contribution >= 4 is 5.91 Å². The second kappa shape index (κ2) is 5.91. The predicted molar refractivity (Wildman–Crippen MR) is 80.2 cm³/mol. The van der Waals surface area contributed by atoms with E-state index >= 15 is 0 Å². The smallest absolute Gasteiger partial charge is 0.223 e. The molecule has 3 rings (SSSR count). The maximum absolute atomic E-state index is 12.1. The van der Waals surface area contributed by atoms with Crippen molar-refractivity contribution in [3.8, 4) is 0 Å². The van der Waals surface area contributed by atoms with Gasteiger partial charge in [0.05, 0.1) is 0 Å². The van der Waals surface area contributed by atoms with E-state index in [9.17, 15) is 4.79 Å². The number of nitrogens with zero attached hydrogens (tertiary/aromatic N) is 1. The van der Waals surface area contributed by atoms with Crippen LogP contribution in [0.2, 0.25) is 0 Å². The lowest BCUT2D eigenvalue weighted by atomic mass is 10.0. The van der Waals surface area contributed by atoms with Crippen LogP contribution in [0.15, 0.2) is 60.7 Å². The lowest BCUT2D eigenvalue weighted by molar-refractivity contribution is -0.129. The van der Waals surface area contributed by atoms with E-state index in [1.807, 2.05) is 29.2 Å². The van der Waals surface area contributed by atoms with Gasteiger partial charge in [-0.15, -0.1) is 0 Å². The molecule has 2 heteroatoms. The van der Waals surface area contributed by atoms with Crippen LogP contribution in [0, 0.1) is 0 Å². The number of carbonyl (C=O) groups excluding carboxylic acids is 1. The van der Waals surface area contributed by atoms with Crippen LogP contribution < -0.4 is 0 Å². The molecule has 1 aliphatic rings. The Hall–Kier alpha value is -2.09. The minimum atomic E-state index is 0.287. The number of likely N-dealkylation sites (tertiary alicyclic amines) is 1. The highest BCUT2D eigenvalue weighted by molar-refractivity contribution is 5.78. The Balaban J connectivity index is 1.72. The predicted octanol–water partition coefficient (Wildman–Crippen LogP) is 3.42. The minimum absolute atomic E-state index is 0.287. The summed E-state index contributed by atoms with van der Waals surface area (Å²) in [7, 11) is 0. The molecule has 0 spiro atoms. The molecule has 20 heavy (non-hydrogen) atoms. The maximum atomic E-state index is 12.1. The first kappa shape index (κ1) is 12.9. The van der Waals surface area contributed by atoms with Crippen molar-refractivity contribution in [2.24, 2.45) is 0 Å². The lowest BCUT2D eigenvalue weighted by Gasteiger charge is -2.25. The topological polar surface area (TPSA) is 20.3 Å². The van der Waals surface area contributed by atoms with E-state index < -0.39 is 0 Å². The average molecular weight is 265 g/mol. The number of hydrogen-bond acceptors (Lipinski definition) is 1. The van der Waals surface area contributed by atoms with Gasteiger partial charge >= 0.3 is 0 Å². The number of carbonyl (C=O) groups is 1. The standard InChI is InChI=1S/C18H19NO/c20-18-12-11-17(13-15-7-3-1-4-8-15)19(18)14-16-9-5-2-6-10-16/h1-10,17H,11-14H2/t17-/m1/s1. The fourth-order valence-electron chi connectivity index (χ4n) is 2.89. The van der Waals surface area contributed by atoms with Gasteiger partial charge in [0.1, 0.15) is 0 Å². The third kappa shape index (κ3) is 2.90. The molecule has 0 N–H and O–H groups in total. The van der Waals surface area contributed by atoms with Crippen LogP contribution >= 0.6 is 0 Å². The van der Waals surface area contributed by atoms with Gasteiger partial charge in [-0.3, -0.25) is 4.79 Å². The second-order valence-electron chi connectivity index (χ2n) is 5.39. The summed E-state index contributed by atoms with van der Waals surface area (Å²) in [4.78, 5) is 14.1. The number of hydrogen-bond donors (Lipinski definition) is 0. The van der Waals surface area contributed by atoms with Gasteiger partial charge in [0.2, 0.25) is 5.91 Å². The summed E-state index contributed by atoms with van der Waals surface area (Å²) in [5.74, 6) is 0.287. The van der Waals surface area contributed by atoms with Gasteiger partial charge in [0, 0.05) is 19.0 Å². The van der Waals surface area contributed by atoms with E-state index in [0.29, 0.717) is 12.5 Å². The van der Waals surface area contributed by atoms with Crippen molar-refractivity contribution in [3.63, 3.8) is 0 Å². The molecule has 1 atom stereocenters. The van der Waals surface area contributed by atoms with Crippen molar-refractivity contribution in [1.82, 2.24) is 4.90 Å². The van der Waals surface area contributed by atoms with Crippen LogP contribution in [0.25, 0.3) is 0 Å². The number of benzene rings is 2. The van der Waals surface area contributed by atoms with Gasteiger partial charge in [0.15, 0.2) is 0 Å². The van der Waals surface area contributed by atoms with E-state index in [4.69, 9.17) is 0 Å². The molecule has 1 aliphatic heterocycles. The van der Waals surface area contributed by atoms with Gasteiger partial charge in [-0.25, -0.2) is 0 Å². The molecule has 2 aromatic rings. The molecule has 0 unspecified atom stereocenters. The Labute approximate surface area is 120 Å². The van der Waals surface area contributed by atoms with Crippen molar-refractivity contribution in [2.75, 3.05) is 0 Å². The van der Waals surface area contributed by atoms with E-state index in [2.05, 4.69) is 36.4 Å². The first-order chi connectivity index (χ1) is 9.83. The van der Waals surface area contributed by atoms with E-state index in [-0.39, 0.29) is 5.91 Å². The molecular weight excluding hydrogens is 246 g/mol. The Kier molecular flexibility index (Phi) is 3.82. The van der Waals surface area contributed by atoms with Gasteiger partial charge in [0.25, 0.3) is 0 Å². The average Bonchev–Trinajstić information content (AvgIpc) is 2.83. The van der Waals surface area contributed by atoms with Crippen molar-refractivity contribution in [1.29, 1.82) is 0 Å². The lowest BCUT2D eigenvalue weighted by Crippen LogP contribution is -2.33. The number of amides is 1. The van der Waals surface area contributed by atoms with Crippen molar-refractivity contribution < 1.29 is 4.79 Å². The van der Waals surface area contributed by atoms with Crippen molar-refractivity contribution in [3.05, 3.63) is 71.8 Å². The normalized spacial score (nSPS) is 18.5. The molecule has 102 valence electrons. The molecule has 0 aliphatic carbocycles. The molecule has 1 saturated heterocycles. The summed E-state index contributed by atoms with van der Waals surface area (Å²) >= 11 is 0. The molecule has 0 saturated carbocycles. The van der Waals surface area contributed by atoms with Gasteiger partial charge < -0.3 is 4.90 Å². The SMILES string of the molecule is O=C1CC[C@H](Cc2ccccc2)N1Cc1ccccc1. The Morgan fingerprint density at radius 2 is 1.50 bits per heavy atom. The summed E-state index contributed by atoms with van der Waals surface area (Å²) in [6.07, 6.45) is 2.62. The van der Waals surface area contributed by atoms with Crippen LogP contribution in [-0.2, 0) is 17.8 Å². The monoisotopic (exact) mass is 265 g/mol. The van der Waals surface area contributed by atoms with Crippen molar-refractivity contribution in [2.45, 2.75) is 31.8 Å². The highest BCUT2D eigenvalue weighted by Crippen LogP contribution is 2.24. The zero-order valence-electron chi connectivity index (χ0n) is 11.5. The first-order valence-corrected chi connectivity index (χ1v) is 7.20. The second-order valence-corrected chi connectivity index (χ2v) is 5.39. The largest absolute Gasteiger partial charge is 0.335 e. The molecule has 1 amide bonds. The molecular formula is C18H19NO. The molecule has 2 aromatic carbocycles. The van der Waals surface area contributed by atoms with E-state index in [1.54, 1.807) is 0 Å². The Morgan fingerprint density at radius 1 is 0.900 bits per heavy atom. The molecule has 2 nitrogen and oxygen atoms in total. The summed E-state index contributed by atoms with van der Waals surface area (Å²) < 4.78 is 0. The number of rotatable bonds is 4. The van der Waals surface area contributed by atoms with Gasteiger partial charge in [-0.1, -0.05) is 60.7 Å². The highest BCUT2D eigenvalue weighted by Gasteiger charge is 2.30. The molecule has 0 aromatic heterocycles. The van der Waals surface area contributed by atoms with E-state index in [0.717, 1.165) is 19.4 Å².